The molecule has 0 amide bonds. The predicted molar refractivity (Wildman–Crippen MR) is 143 cm³/mol. The van der Waals surface area contributed by atoms with E-state index in [1.807, 2.05) is 0 Å². The summed E-state index contributed by atoms with van der Waals surface area (Å²) in [4.78, 5) is 18.7. The largest absolute Gasteiger partial charge is 0.478 e. The fourth-order valence-electron chi connectivity index (χ4n) is 5.24. The van der Waals surface area contributed by atoms with Gasteiger partial charge >= 0.3 is 12.1 Å². The first-order valence-corrected chi connectivity index (χ1v) is 13.5. The first kappa shape index (κ1) is 31.2. The lowest BCUT2D eigenvalue weighted by atomic mass is 9.81. The first-order valence-electron chi connectivity index (χ1n) is 13.5. The van der Waals surface area contributed by atoms with Crippen molar-refractivity contribution >= 4 is 11.7 Å². The lowest BCUT2D eigenvalue weighted by Gasteiger charge is -2.41. The zero-order valence-corrected chi connectivity index (χ0v) is 23.4. The number of ether oxygens (including phenoxy) is 2. The number of methoxy groups -OCH3 is 1. The van der Waals surface area contributed by atoms with Gasteiger partial charge in [0.1, 0.15) is 11.8 Å². The van der Waals surface area contributed by atoms with E-state index < -0.39 is 53.0 Å². The Morgan fingerprint density at radius 3 is 2.43 bits per heavy atom. The molecule has 1 saturated carbocycles. The molecule has 1 aromatic carbocycles. The third-order valence-corrected chi connectivity index (χ3v) is 7.42. The molecule has 2 aromatic heterocycles. The molecule has 0 spiro atoms. The van der Waals surface area contributed by atoms with Gasteiger partial charge < -0.3 is 24.6 Å². The number of hydrogen-bond acceptors (Lipinski definition) is 8. The number of carboxylic acids is 1. The molecule has 1 unspecified atom stereocenters. The lowest BCUT2D eigenvalue weighted by Crippen LogP contribution is -2.49. The molecule has 14 heteroatoms. The first-order chi connectivity index (χ1) is 19.9. The van der Waals surface area contributed by atoms with Crippen LogP contribution in [-0.2, 0) is 17.5 Å². The summed E-state index contributed by atoms with van der Waals surface area (Å²) in [6.07, 6.45) is 0.930. The second-order valence-corrected chi connectivity index (χ2v) is 10.6. The van der Waals surface area contributed by atoms with Gasteiger partial charge in [-0.05, 0) is 37.3 Å². The van der Waals surface area contributed by atoms with Gasteiger partial charge in [-0.25, -0.2) is 14.2 Å². The number of carboxylic acid groups (broad SMARTS) is 1. The van der Waals surface area contributed by atoms with E-state index in [9.17, 15) is 28.2 Å². The summed E-state index contributed by atoms with van der Waals surface area (Å²) >= 11 is 0. The van der Waals surface area contributed by atoms with E-state index in [0.29, 0.717) is 18.8 Å². The average Bonchev–Trinajstić information content (AvgIpc) is 3.44. The number of nitrogens with zero attached hydrogens (tertiary/aromatic N) is 5. The summed E-state index contributed by atoms with van der Waals surface area (Å²) in [6, 6.07) is 1.87. The number of pyridine rings is 1. The van der Waals surface area contributed by atoms with Crippen molar-refractivity contribution in [1.29, 1.82) is 0 Å². The van der Waals surface area contributed by atoms with Gasteiger partial charge in [0.25, 0.3) is 0 Å². The number of carbonyl (C=O) groups is 1. The molecule has 1 aliphatic carbocycles. The lowest BCUT2D eigenvalue weighted by molar-refractivity contribution is -0.139. The van der Waals surface area contributed by atoms with Crippen LogP contribution in [-0.4, -0.2) is 62.1 Å². The number of aromatic carboxylic acids is 1. The van der Waals surface area contributed by atoms with E-state index in [-0.39, 0.29) is 30.3 Å². The molecule has 1 aliphatic rings. The van der Waals surface area contributed by atoms with Crippen molar-refractivity contribution < 1.29 is 42.0 Å². The van der Waals surface area contributed by atoms with Gasteiger partial charge in [-0.15, -0.1) is 0 Å². The number of benzene rings is 1. The Bertz CT molecular complexity index is 1360. The fraction of sp³-hybridized carbons (Fsp3) is 0.500. The van der Waals surface area contributed by atoms with E-state index in [1.54, 1.807) is 6.92 Å². The van der Waals surface area contributed by atoms with E-state index >= 15 is 4.39 Å². The van der Waals surface area contributed by atoms with E-state index in [2.05, 4.69) is 22.1 Å². The van der Waals surface area contributed by atoms with Crippen molar-refractivity contribution in [2.75, 3.05) is 18.6 Å². The second-order valence-electron chi connectivity index (χ2n) is 10.6. The zero-order chi connectivity index (χ0) is 30.6. The smallest absolute Gasteiger partial charge is 0.421 e. The van der Waals surface area contributed by atoms with Crippen LogP contribution in [0, 0.1) is 17.7 Å². The minimum absolute atomic E-state index is 0.0956. The molecule has 42 heavy (non-hydrogen) atoms. The maximum Gasteiger partial charge on any atom is 0.421 e. The van der Waals surface area contributed by atoms with Gasteiger partial charge in [0, 0.05) is 31.4 Å². The minimum atomic E-state index is -4.92. The number of alkyl halides is 3. The standard InChI is InChI=1S/C28H33F4N5O5/c1-16-4-6-19(7-5-16)26(38)37(17(2)15-41-3)23-12-22(29)24(11-20(23)27(39)40)42-25-21(28(30,31)32)10-18(13-33-25)14-36-34-8-9-35-36/h8-13,16-17,19,26,38H,4-7,14-15H2,1-3H3,(H,39,40)/t16?,17-,19?,26?/m0/s1. The summed E-state index contributed by atoms with van der Waals surface area (Å²) in [5.41, 5.74) is -1.78. The molecule has 2 N–H and O–H groups in total. The predicted octanol–water partition coefficient (Wildman–Crippen LogP) is 5.36. The summed E-state index contributed by atoms with van der Waals surface area (Å²) in [5.74, 6) is -4.04. The Kier molecular flexibility index (Phi) is 9.67. The number of halogens is 4. The second kappa shape index (κ2) is 13.0. The Hall–Kier alpha value is -3.78. The van der Waals surface area contributed by atoms with Gasteiger partial charge in [0.2, 0.25) is 5.88 Å². The third kappa shape index (κ3) is 7.16. The normalized spacial score (nSPS) is 18.9. The van der Waals surface area contributed by atoms with Crippen LogP contribution in [0.4, 0.5) is 23.2 Å². The minimum Gasteiger partial charge on any atom is -0.478 e. The summed E-state index contributed by atoms with van der Waals surface area (Å²) < 4.78 is 67.9. The highest BCUT2D eigenvalue weighted by Crippen LogP contribution is 2.41. The molecular formula is C28H33F4N5O5. The maximum atomic E-state index is 15.5. The quantitative estimate of drug-likeness (QED) is 0.223. The van der Waals surface area contributed by atoms with Crippen molar-refractivity contribution in [3.63, 3.8) is 0 Å². The highest BCUT2D eigenvalue weighted by Gasteiger charge is 2.37. The van der Waals surface area contributed by atoms with Gasteiger partial charge in [-0.3, -0.25) is 0 Å². The van der Waals surface area contributed by atoms with Crippen LogP contribution in [0.3, 0.4) is 0 Å². The van der Waals surface area contributed by atoms with Crippen molar-refractivity contribution in [3.05, 3.63) is 59.3 Å². The van der Waals surface area contributed by atoms with Crippen LogP contribution in [0.2, 0.25) is 0 Å². The van der Waals surface area contributed by atoms with Crippen molar-refractivity contribution in [2.45, 2.75) is 64.5 Å². The van der Waals surface area contributed by atoms with Crippen LogP contribution in [0.5, 0.6) is 11.6 Å². The fourth-order valence-corrected chi connectivity index (χ4v) is 5.24. The highest BCUT2D eigenvalue weighted by molar-refractivity contribution is 5.95. The Morgan fingerprint density at radius 1 is 1.17 bits per heavy atom. The van der Waals surface area contributed by atoms with E-state index in [4.69, 9.17) is 9.47 Å². The van der Waals surface area contributed by atoms with Crippen molar-refractivity contribution in [2.24, 2.45) is 11.8 Å². The molecule has 0 aliphatic heterocycles. The molecule has 1 fully saturated rings. The molecule has 0 bridgehead atoms. The van der Waals surface area contributed by atoms with Crippen molar-refractivity contribution in [3.8, 4) is 11.6 Å². The number of rotatable bonds is 11. The van der Waals surface area contributed by atoms with Gasteiger partial charge in [0.15, 0.2) is 11.6 Å². The molecule has 2 atom stereocenters. The Balaban J connectivity index is 1.72. The van der Waals surface area contributed by atoms with E-state index in [1.165, 1.54) is 24.4 Å². The zero-order valence-electron chi connectivity index (χ0n) is 23.4. The molecule has 3 aromatic rings. The van der Waals surface area contributed by atoms with Crippen LogP contribution < -0.4 is 9.64 Å². The number of hydrogen-bond donors (Lipinski definition) is 2. The summed E-state index contributed by atoms with van der Waals surface area (Å²) in [7, 11) is 1.45. The van der Waals surface area contributed by atoms with Crippen LogP contribution >= 0.6 is 0 Å². The van der Waals surface area contributed by atoms with E-state index in [0.717, 1.165) is 42.0 Å². The molecule has 2 heterocycles. The number of aliphatic hydroxyl groups is 1. The highest BCUT2D eigenvalue weighted by atomic mass is 19.4. The molecule has 0 saturated heterocycles. The van der Waals surface area contributed by atoms with Crippen LogP contribution in [0.25, 0.3) is 0 Å². The van der Waals surface area contributed by atoms with Crippen LogP contribution in [0.15, 0.2) is 36.8 Å². The Labute approximate surface area is 239 Å². The summed E-state index contributed by atoms with van der Waals surface area (Å²) in [5, 5.41) is 29.2. The number of anilines is 1. The molecular weight excluding hydrogens is 562 g/mol. The average molecular weight is 596 g/mol. The van der Waals surface area contributed by atoms with Gasteiger partial charge in [-0.1, -0.05) is 19.8 Å². The molecule has 228 valence electrons. The Morgan fingerprint density at radius 2 is 1.83 bits per heavy atom. The molecule has 0 radical (unpaired) electrons. The topological polar surface area (TPSA) is 123 Å². The maximum absolute atomic E-state index is 15.5. The number of aromatic nitrogens is 4. The third-order valence-electron chi connectivity index (χ3n) is 7.42. The molecule has 10 nitrogen and oxygen atoms in total. The van der Waals surface area contributed by atoms with Gasteiger partial charge in [0.05, 0.1) is 42.8 Å². The van der Waals surface area contributed by atoms with Crippen LogP contribution in [0.1, 0.15) is 61.0 Å². The monoisotopic (exact) mass is 595 g/mol. The van der Waals surface area contributed by atoms with Crippen molar-refractivity contribution in [1.82, 2.24) is 20.0 Å². The van der Waals surface area contributed by atoms with Gasteiger partial charge in [-0.2, -0.15) is 28.2 Å². The number of aliphatic hydroxyl groups excluding tert-OH is 1. The molecule has 4 rings (SSSR count). The SMILES string of the molecule is COC[C@H](C)N(c1cc(F)c(Oc2ncc(Cn3nccn3)cc2C(F)(F)F)cc1C(=O)O)C(O)C1CCC(C)CC1. The summed E-state index contributed by atoms with van der Waals surface area (Å²) in [6.45, 7) is 3.81.